The lowest BCUT2D eigenvalue weighted by molar-refractivity contribution is 0.0723. The van der Waals surface area contributed by atoms with Gasteiger partial charge in [-0.1, -0.05) is 55.7 Å². The third kappa shape index (κ3) is 2.54. The van der Waals surface area contributed by atoms with Gasteiger partial charge in [0.15, 0.2) is 0 Å². The van der Waals surface area contributed by atoms with Gasteiger partial charge in [-0.05, 0) is 48.4 Å². The van der Waals surface area contributed by atoms with Crippen LogP contribution in [0.3, 0.4) is 0 Å². The highest BCUT2D eigenvalue weighted by atomic mass is 16.2. The lowest BCUT2D eigenvalue weighted by Gasteiger charge is -2.33. The monoisotopic (exact) mass is 307 g/mol. The number of carbonyl (C=O) groups excluding carboxylic acids is 1. The van der Waals surface area contributed by atoms with Gasteiger partial charge < -0.3 is 4.90 Å². The van der Waals surface area contributed by atoms with Crippen LogP contribution in [-0.2, 0) is 0 Å². The lowest BCUT2D eigenvalue weighted by atomic mass is 9.73. The first-order valence-electron chi connectivity index (χ1n) is 8.97. The smallest absolute Gasteiger partial charge is 0.254 e. The van der Waals surface area contributed by atoms with Crippen LogP contribution in [0.2, 0.25) is 0 Å². The summed E-state index contributed by atoms with van der Waals surface area (Å²) in [6.07, 6.45) is 7.83. The van der Waals surface area contributed by atoms with Crippen molar-refractivity contribution in [2.45, 2.75) is 51.5 Å². The number of likely N-dealkylation sites (tertiary alicyclic amines) is 1. The molecule has 1 amide bonds. The van der Waals surface area contributed by atoms with Crippen molar-refractivity contribution in [1.29, 1.82) is 0 Å². The summed E-state index contributed by atoms with van der Waals surface area (Å²) in [4.78, 5) is 15.4. The second-order valence-electron chi connectivity index (χ2n) is 7.57. The fourth-order valence-corrected chi connectivity index (χ4v) is 4.82. The Kier molecular flexibility index (Phi) is 3.63. The second-order valence-corrected chi connectivity index (χ2v) is 7.57. The van der Waals surface area contributed by atoms with Crippen LogP contribution < -0.4 is 0 Å². The first-order chi connectivity index (χ1) is 11.2. The minimum absolute atomic E-state index is 0.219. The molecule has 4 rings (SSSR count). The van der Waals surface area contributed by atoms with E-state index in [4.69, 9.17) is 0 Å². The Morgan fingerprint density at radius 2 is 1.78 bits per heavy atom. The van der Waals surface area contributed by atoms with Gasteiger partial charge in [-0.15, -0.1) is 0 Å². The van der Waals surface area contributed by atoms with E-state index in [1.54, 1.807) is 0 Å². The Morgan fingerprint density at radius 3 is 2.61 bits per heavy atom. The molecule has 1 heterocycles. The predicted molar refractivity (Wildman–Crippen MR) is 94.6 cm³/mol. The fourth-order valence-electron chi connectivity index (χ4n) is 4.82. The van der Waals surface area contributed by atoms with Gasteiger partial charge in [0, 0.05) is 18.2 Å². The van der Waals surface area contributed by atoms with Crippen LogP contribution in [0.15, 0.2) is 42.5 Å². The van der Waals surface area contributed by atoms with Crippen LogP contribution in [0.1, 0.15) is 55.8 Å². The summed E-state index contributed by atoms with van der Waals surface area (Å²) in [7, 11) is 0. The highest BCUT2D eigenvalue weighted by Gasteiger charge is 2.44. The minimum Gasteiger partial charge on any atom is -0.335 e. The second kappa shape index (κ2) is 5.67. The van der Waals surface area contributed by atoms with Gasteiger partial charge in [-0.3, -0.25) is 4.79 Å². The zero-order chi connectivity index (χ0) is 15.9. The largest absolute Gasteiger partial charge is 0.335 e. The molecule has 1 aliphatic carbocycles. The number of carbonyl (C=O) groups is 1. The van der Waals surface area contributed by atoms with Crippen LogP contribution in [0.5, 0.6) is 0 Å². The van der Waals surface area contributed by atoms with Gasteiger partial charge >= 0.3 is 0 Å². The van der Waals surface area contributed by atoms with Crippen molar-refractivity contribution in [3.63, 3.8) is 0 Å². The molecule has 1 saturated carbocycles. The molecule has 1 atom stereocenters. The highest BCUT2D eigenvalue weighted by molar-refractivity contribution is 6.07. The summed E-state index contributed by atoms with van der Waals surface area (Å²) >= 11 is 0. The molecule has 0 bridgehead atoms. The third-order valence-electron chi connectivity index (χ3n) is 5.96. The number of rotatable bonds is 1. The lowest BCUT2D eigenvalue weighted by Crippen LogP contribution is -2.36. The van der Waals surface area contributed by atoms with E-state index in [2.05, 4.69) is 30.0 Å². The van der Waals surface area contributed by atoms with Gasteiger partial charge in [0.2, 0.25) is 0 Å². The molecule has 2 aliphatic rings. The normalized spacial score (nSPS) is 23.5. The van der Waals surface area contributed by atoms with Crippen molar-refractivity contribution in [3.8, 4) is 0 Å². The molecule has 1 aliphatic heterocycles. The first kappa shape index (κ1) is 14.7. The number of hydrogen-bond donors (Lipinski definition) is 0. The molecule has 2 aromatic carbocycles. The van der Waals surface area contributed by atoms with E-state index in [0.29, 0.717) is 11.5 Å². The van der Waals surface area contributed by atoms with Crippen LogP contribution in [-0.4, -0.2) is 23.4 Å². The van der Waals surface area contributed by atoms with Crippen molar-refractivity contribution >= 4 is 16.7 Å². The van der Waals surface area contributed by atoms with Gasteiger partial charge in [-0.25, -0.2) is 0 Å². The van der Waals surface area contributed by atoms with Crippen molar-refractivity contribution in [3.05, 3.63) is 48.0 Å². The van der Waals surface area contributed by atoms with E-state index in [-0.39, 0.29) is 5.91 Å². The molecule has 2 fully saturated rings. The van der Waals surface area contributed by atoms with E-state index in [9.17, 15) is 4.79 Å². The predicted octanol–water partition coefficient (Wildman–Crippen LogP) is 5.02. The maximum Gasteiger partial charge on any atom is 0.254 e. The first-order valence-corrected chi connectivity index (χ1v) is 8.97. The Labute approximate surface area is 138 Å². The van der Waals surface area contributed by atoms with Gasteiger partial charge in [-0.2, -0.15) is 0 Å². The minimum atomic E-state index is 0.219. The van der Waals surface area contributed by atoms with Crippen LogP contribution in [0, 0.1) is 5.41 Å². The Morgan fingerprint density at radius 1 is 1.04 bits per heavy atom. The molecule has 2 aromatic rings. The summed E-state index contributed by atoms with van der Waals surface area (Å²) in [5.41, 5.74) is 1.26. The molecular weight excluding hydrogens is 282 g/mol. The molecule has 23 heavy (non-hydrogen) atoms. The topological polar surface area (TPSA) is 20.3 Å². The Balaban J connectivity index is 1.66. The van der Waals surface area contributed by atoms with E-state index in [1.807, 2.05) is 24.3 Å². The quantitative estimate of drug-likeness (QED) is 0.724. The molecule has 1 saturated heterocycles. The van der Waals surface area contributed by atoms with Gasteiger partial charge in [0.1, 0.15) is 0 Å². The van der Waals surface area contributed by atoms with Crippen LogP contribution >= 0.6 is 0 Å². The SMILES string of the molecule is C[C@H]1CC2(CCCCC2)CN1C(=O)c1cccc2ccccc12. The zero-order valence-corrected chi connectivity index (χ0v) is 13.9. The Bertz CT molecular complexity index is 724. The zero-order valence-electron chi connectivity index (χ0n) is 13.9. The number of hydrogen-bond acceptors (Lipinski definition) is 1. The summed E-state index contributed by atoms with van der Waals surface area (Å²) in [6, 6.07) is 14.7. The standard InChI is InChI=1S/C21H25NO/c1-16-14-21(12-5-2-6-13-21)15-22(16)20(23)19-11-7-9-17-8-3-4-10-18(17)19/h3-4,7-11,16H,2,5-6,12-15H2,1H3/t16-/m0/s1. The third-order valence-corrected chi connectivity index (χ3v) is 5.96. The van der Waals surface area contributed by atoms with E-state index >= 15 is 0 Å². The maximum absolute atomic E-state index is 13.2. The van der Waals surface area contributed by atoms with E-state index < -0.39 is 0 Å². The Hall–Kier alpha value is -1.83. The summed E-state index contributed by atoms with van der Waals surface area (Å²) < 4.78 is 0. The summed E-state index contributed by atoms with van der Waals surface area (Å²) in [5.74, 6) is 0.219. The molecule has 0 N–H and O–H groups in total. The average molecular weight is 307 g/mol. The molecule has 2 heteroatoms. The van der Waals surface area contributed by atoms with Gasteiger partial charge in [0.25, 0.3) is 5.91 Å². The molecule has 2 nitrogen and oxygen atoms in total. The van der Waals surface area contributed by atoms with Crippen molar-refractivity contribution < 1.29 is 4.79 Å². The van der Waals surface area contributed by atoms with E-state index in [0.717, 1.165) is 22.9 Å². The maximum atomic E-state index is 13.2. The van der Waals surface area contributed by atoms with E-state index in [1.165, 1.54) is 38.5 Å². The number of amides is 1. The molecule has 0 aromatic heterocycles. The molecular formula is C21H25NO. The van der Waals surface area contributed by atoms with Crippen molar-refractivity contribution in [2.75, 3.05) is 6.54 Å². The summed E-state index contributed by atoms with van der Waals surface area (Å²) in [5, 5.41) is 2.23. The molecule has 120 valence electrons. The highest BCUT2D eigenvalue weighted by Crippen LogP contribution is 2.46. The van der Waals surface area contributed by atoms with Gasteiger partial charge in [0.05, 0.1) is 0 Å². The molecule has 0 unspecified atom stereocenters. The number of benzene rings is 2. The molecule has 1 spiro atoms. The average Bonchev–Trinajstić information content (AvgIpc) is 2.90. The summed E-state index contributed by atoms with van der Waals surface area (Å²) in [6.45, 7) is 3.18. The molecule has 0 radical (unpaired) electrons. The van der Waals surface area contributed by atoms with Crippen LogP contribution in [0.25, 0.3) is 10.8 Å². The van der Waals surface area contributed by atoms with Crippen molar-refractivity contribution in [2.24, 2.45) is 5.41 Å². The number of fused-ring (bicyclic) bond motifs is 1. The van der Waals surface area contributed by atoms with Crippen LogP contribution in [0.4, 0.5) is 0 Å². The van der Waals surface area contributed by atoms with Crippen molar-refractivity contribution in [1.82, 2.24) is 4.90 Å². The fraction of sp³-hybridized carbons (Fsp3) is 0.476. The number of nitrogens with zero attached hydrogens (tertiary/aromatic N) is 1.